The molecule has 3 aromatic rings. The van der Waals surface area contributed by atoms with E-state index < -0.39 is 6.10 Å². The number of hydrogen-bond acceptors (Lipinski definition) is 5. The van der Waals surface area contributed by atoms with Crippen molar-refractivity contribution >= 4 is 0 Å². The first-order valence-corrected chi connectivity index (χ1v) is 9.51. The standard InChI is InChI=1S/C21H25N5O/c1-16(27)21-15-26(24-23-21)19-9-12-25(13-10-19)14-17-5-7-18(8-6-17)20-4-2-3-11-22-20/h2-8,11,15-16,19,27H,9-10,12-14H2,1H3/t16-/m0/s1. The maximum atomic E-state index is 9.61. The Morgan fingerprint density at radius 2 is 1.89 bits per heavy atom. The van der Waals surface area contributed by atoms with Gasteiger partial charge in [0.05, 0.1) is 24.0 Å². The van der Waals surface area contributed by atoms with Gasteiger partial charge in [0.1, 0.15) is 5.69 Å². The number of aliphatic hydroxyl groups excluding tert-OH is 1. The Hall–Kier alpha value is -2.57. The van der Waals surface area contributed by atoms with E-state index in [4.69, 9.17) is 0 Å². The van der Waals surface area contributed by atoms with Crippen LogP contribution in [-0.4, -0.2) is 43.1 Å². The van der Waals surface area contributed by atoms with Gasteiger partial charge in [-0.3, -0.25) is 9.88 Å². The van der Waals surface area contributed by atoms with Crippen LogP contribution in [-0.2, 0) is 6.54 Å². The van der Waals surface area contributed by atoms with E-state index in [1.807, 2.05) is 35.3 Å². The topological polar surface area (TPSA) is 67.1 Å². The molecule has 0 saturated carbocycles. The number of hydrogen-bond donors (Lipinski definition) is 1. The molecule has 0 radical (unpaired) electrons. The van der Waals surface area contributed by atoms with E-state index in [-0.39, 0.29) is 0 Å². The van der Waals surface area contributed by atoms with Crippen molar-refractivity contribution in [3.8, 4) is 11.3 Å². The van der Waals surface area contributed by atoms with Gasteiger partial charge in [-0.25, -0.2) is 4.68 Å². The average molecular weight is 363 g/mol. The third kappa shape index (κ3) is 4.23. The highest BCUT2D eigenvalue weighted by Gasteiger charge is 2.22. The zero-order valence-corrected chi connectivity index (χ0v) is 15.6. The molecule has 6 nitrogen and oxygen atoms in total. The Morgan fingerprint density at radius 1 is 1.11 bits per heavy atom. The zero-order valence-electron chi connectivity index (χ0n) is 15.6. The summed E-state index contributed by atoms with van der Waals surface area (Å²) in [5.74, 6) is 0. The fourth-order valence-corrected chi connectivity index (χ4v) is 3.57. The van der Waals surface area contributed by atoms with E-state index >= 15 is 0 Å². The molecule has 0 spiro atoms. The number of likely N-dealkylation sites (tertiary alicyclic amines) is 1. The fraction of sp³-hybridized carbons (Fsp3) is 0.381. The monoisotopic (exact) mass is 363 g/mol. The predicted octanol–water partition coefficient (Wildman–Crippen LogP) is 3.23. The Morgan fingerprint density at radius 3 is 2.52 bits per heavy atom. The van der Waals surface area contributed by atoms with Gasteiger partial charge in [0.25, 0.3) is 0 Å². The van der Waals surface area contributed by atoms with Crippen molar-refractivity contribution in [3.05, 3.63) is 66.1 Å². The predicted molar refractivity (Wildman–Crippen MR) is 104 cm³/mol. The normalized spacial score (nSPS) is 17.1. The molecule has 1 fully saturated rings. The van der Waals surface area contributed by atoms with Crippen LogP contribution in [0.15, 0.2) is 54.9 Å². The Bertz CT molecular complexity index is 852. The van der Waals surface area contributed by atoms with Gasteiger partial charge >= 0.3 is 0 Å². The van der Waals surface area contributed by atoms with Crippen LogP contribution in [0.1, 0.15) is 43.2 Å². The average Bonchev–Trinajstić information content (AvgIpc) is 3.20. The second-order valence-electron chi connectivity index (χ2n) is 7.22. The molecule has 4 rings (SSSR count). The Kier molecular flexibility index (Phi) is 5.27. The third-order valence-electron chi connectivity index (χ3n) is 5.21. The van der Waals surface area contributed by atoms with E-state index in [0.29, 0.717) is 11.7 Å². The molecule has 0 aliphatic carbocycles. The summed E-state index contributed by atoms with van der Waals surface area (Å²) in [5.41, 5.74) is 4.13. The van der Waals surface area contributed by atoms with Crippen LogP contribution in [0.25, 0.3) is 11.3 Å². The van der Waals surface area contributed by atoms with Crippen LogP contribution >= 0.6 is 0 Å². The van der Waals surface area contributed by atoms with Crippen molar-refractivity contribution in [2.75, 3.05) is 13.1 Å². The number of aliphatic hydroxyl groups is 1. The van der Waals surface area contributed by atoms with Gasteiger partial charge in [-0.1, -0.05) is 35.5 Å². The molecule has 0 bridgehead atoms. The number of aromatic nitrogens is 4. The molecule has 2 aromatic heterocycles. The van der Waals surface area contributed by atoms with E-state index in [9.17, 15) is 5.11 Å². The summed E-state index contributed by atoms with van der Waals surface area (Å²) in [7, 11) is 0. The van der Waals surface area contributed by atoms with Crippen molar-refractivity contribution in [2.45, 2.75) is 38.5 Å². The highest BCUT2D eigenvalue weighted by Crippen LogP contribution is 2.24. The quantitative estimate of drug-likeness (QED) is 0.754. The van der Waals surface area contributed by atoms with E-state index in [1.165, 1.54) is 5.56 Å². The second-order valence-corrected chi connectivity index (χ2v) is 7.22. The summed E-state index contributed by atoms with van der Waals surface area (Å²) in [5, 5.41) is 17.9. The Labute approximate surface area is 159 Å². The minimum Gasteiger partial charge on any atom is -0.387 e. The van der Waals surface area contributed by atoms with Crippen molar-refractivity contribution < 1.29 is 5.11 Å². The lowest BCUT2D eigenvalue weighted by Gasteiger charge is -2.31. The summed E-state index contributed by atoms with van der Waals surface area (Å²) in [4.78, 5) is 6.89. The third-order valence-corrected chi connectivity index (χ3v) is 5.21. The van der Waals surface area contributed by atoms with E-state index in [1.54, 1.807) is 6.92 Å². The molecule has 0 unspecified atom stereocenters. The molecule has 1 aromatic carbocycles. The molecule has 140 valence electrons. The van der Waals surface area contributed by atoms with Crippen LogP contribution in [0.2, 0.25) is 0 Å². The summed E-state index contributed by atoms with van der Waals surface area (Å²) in [6.07, 6.45) is 5.24. The number of pyridine rings is 1. The minimum atomic E-state index is -0.562. The molecule has 1 N–H and O–H groups in total. The largest absolute Gasteiger partial charge is 0.387 e. The van der Waals surface area contributed by atoms with Crippen LogP contribution < -0.4 is 0 Å². The van der Waals surface area contributed by atoms with Gasteiger partial charge in [-0.05, 0) is 37.5 Å². The first-order chi connectivity index (χ1) is 13.2. The van der Waals surface area contributed by atoms with Crippen LogP contribution in [0.3, 0.4) is 0 Å². The molecule has 1 atom stereocenters. The number of piperidine rings is 1. The summed E-state index contributed by atoms with van der Waals surface area (Å²) in [6, 6.07) is 15.0. The second kappa shape index (κ2) is 7.98. The maximum Gasteiger partial charge on any atom is 0.111 e. The molecule has 1 saturated heterocycles. The Balaban J connectivity index is 1.32. The fourth-order valence-electron chi connectivity index (χ4n) is 3.57. The van der Waals surface area contributed by atoms with E-state index in [2.05, 4.69) is 44.5 Å². The van der Waals surface area contributed by atoms with Crippen LogP contribution in [0.4, 0.5) is 0 Å². The number of benzene rings is 1. The molecule has 0 amide bonds. The highest BCUT2D eigenvalue weighted by molar-refractivity contribution is 5.58. The number of rotatable bonds is 5. The smallest absolute Gasteiger partial charge is 0.111 e. The summed E-state index contributed by atoms with van der Waals surface area (Å²) < 4.78 is 1.92. The molecule has 1 aliphatic rings. The number of nitrogens with zero attached hydrogens (tertiary/aromatic N) is 5. The molecule has 1 aliphatic heterocycles. The summed E-state index contributed by atoms with van der Waals surface area (Å²) >= 11 is 0. The van der Waals surface area contributed by atoms with Gasteiger partial charge in [0.15, 0.2) is 0 Å². The van der Waals surface area contributed by atoms with Crippen molar-refractivity contribution in [1.82, 2.24) is 24.9 Å². The lowest BCUT2D eigenvalue weighted by molar-refractivity contribution is 0.172. The van der Waals surface area contributed by atoms with Crippen molar-refractivity contribution in [2.24, 2.45) is 0 Å². The molecular weight excluding hydrogens is 338 g/mol. The molecular formula is C21H25N5O. The molecule has 3 heterocycles. The van der Waals surface area contributed by atoms with E-state index in [0.717, 1.165) is 43.7 Å². The van der Waals surface area contributed by atoms with Gasteiger partial charge < -0.3 is 5.11 Å². The van der Waals surface area contributed by atoms with Gasteiger partial charge in [0, 0.05) is 31.4 Å². The van der Waals surface area contributed by atoms with Crippen LogP contribution in [0, 0.1) is 0 Å². The molecule has 27 heavy (non-hydrogen) atoms. The van der Waals surface area contributed by atoms with Gasteiger partial charge in [-0.2, -0.15) is 0 Å². The molecule has 6 heteroatoms. The minimum absolute atomic E-state index is 0.368. The highest BCUT2D eigenvalue weighted by atomic mass is 16.3. The zero-order chi connectivity index (χ0) is 18.6. The first-order valence-electron chi connectivity index (χ1n) is 9.51. The van der Waals surface area contributed by atoms with Crippen LogP contribution in [0.5, 0.6) is 0 Å². The van der Waals surface area contributed by atoms with Crippen molar-refractivity contribution in [1.29, 1.82) is 0 Å². The SMILES string of the molecule is C[C@H](O)c1cn(C2CCN(Cc3ccc(-c4ccccn4)cc3)CC2)nn1. The maximum absolute atomic E-state index is 9.61. The lowest BCUT2D eigenvalue weighted by atomic mass is 10.0. The first kappa shape index (κ1) is 17.8. The van der Waals surface area contributed by atoms with Crippen molar-refractivity contribution in [3.63, 3.8) is 0 Å². The lowest BCUT2D eigenvalue weighted by Crippen LogP contribution is -2.34. The van der Waals surface area contributed by atoms with Gasteiger partial charge in [0.2, 0.25) is 0 Å². The van der Waals surface area contributed by atoms with Gasteiger partial charge in [-0.15, -0.1) is 5.10 Å². The summed E-state index contributed by atoms with van der Waals surface area (Å²) in [6.45, 7) is 4.76.